The van der Waals surface area contributed by atoms with Gasteiger partial charge in [-0.15, -0.1) is 0 Å². The van der Waals surface area contributed by atoms with Gasteiger partial charge in [-0.2, -0.15) is 0 Å². The highest BCUT2D eigenvalue weighted by molar-refractivity contribution is 5.93. The van der Waals surface area contributed by atoms with Gasteiger partial charge < -0.3 is 4.90 Å². The van der Waals surface area contributed by atoms with Gasteiger partial charge in [-0.3, -0.25) is 14.7 Å². The topological polar surface area (TPSA) is 36.4 Å². The van der Waals surface area contributed by atoms with Gasteiger partial charge in [0.1, 0.15) is 17.3 Å². The lowest BCUT2D eigenvalue weighted by molar-refractivity contribution is -0.00361. The van der Waals surface area contributed by atoms with Crippen LogP contribution in [0.25, 0.3) is 0 Å². The van der Waals surface area contributed by atoms with Gasteiger partial charge in [-0.25, -0.2) is 8.78 Å². The summed E-state index contributed by atoms with van der Waals surface area (Å²) in [5.74, 6) is -0.857. The Bertz CT molecular complexity index is 847. The first kappa shape index (κ1) is 16.8. The van der Waals surface area contributed by atoms with E-state index >= 15 is 0 Å². The van der Waals surface area contributed by atoms with Gasteiger partial charge in [0.15, 0.2) is 0 Å². The maximum absolute atomic E-state index is 13.9. The summed E-state index contributed by atoms with van der Waals surface area (Å²) in [4.78, 5) is 21.7. The van der Waals surface area contributed by atoms with Crippen molar-refractivity contribution in [1.82, 2.24) is 14.8 Å². The molecule has 140 valence electrons. The number of nitrogens with zero attached hydrogens (tertiary/aromatic N) is 3. The van der Waals surface area contributed by atoms with Crippen LogP contribution in [0.4, 0.5) is 8.78 Å². The molecule has 0 unspecified atom stereocenters. The SMILES string of the molecule is O=C(c1ccccn1)N1C[C@@H](c2cc(F)cc(F)c2)[C@@H]2[C@H]1C1CCN2CC1. The van der Waals surface area contributed by atoms with E-state index in [1.807, 2.05) is 11.0 Å². The number of benzene rings is 1. The maximum Gasteiger partial charge on any atom is 0.272 e. The van der Waals surface area contributed by atoms with Crippen molar-refractivity contribution in [3.63, 3.8) is 0 Å². The summed E-state index contributed by atoms with van der Waals surface area (Å²) >= 11 is 0. The summed E-state index contributed by atoms with van der Waals surface area (Å²) in [7, 11) is 0. The van der Waals surface area contributed by atoms with Crippen molar-refractivity contribution in [1.29, 1.82) is 0 Å². The molecule has 27 heavy (non-hydrogen) atoms. The first-order valence-electron chi connectivity index (χ1n) is 9.54. The lowest BCUT2D eigenvalue weighted by atomic mass is 9.75. The van der Waals surface area contributed by atoms with E-state index in [-0.39, 0.29) is 23.9 Å². The molecule has 2 bridgehead atoms. The van der Waals surface area contributed by atoms with E-state index in [0.29, 0.717) is 23.7 Å². The molecule has 5 heterocycles. The predicted octanol–water partition coefficient (Wildman–Crippen LogP) is 3.06. The molecule has 6 rings (SSSR count). The van der Waals surface area contributed by atoms with E-state index in [4.69, 9.17) is 0 Å². The smallest absolute Gasteiger partial charge is 0.272 e. The molecule has 4 saturated heterocycles. The van der Waals surface area contributed by atoms with Crippen LogP contribution in [-0.4, -0.2) is 52.4 Å². The second kappa shape index (κ2) is 6.37. The number of carbonyl (C=O) groups excluding carboxylic acids is 1. The summed E-state index contributed by atoms with van der Waals surface area (Å²) in [6.07, 6.45) is 3.76. The first-order valence-corrected chi connectivity index (χ1v) is 9.54. The third kappa shape index (κ3) is 2.74. The zero-order valence-electron chi connectivity index (χ0n) is 14.9. The zero-order valence-corrected chi connectivity index (χ0v) is 14.9. The summed E-state index contributed by atoms with van der Waals surface area (Å²) < 4.78 is 27.7. The monoisotopic (exact) mass is 369 g/mol. The summed E-state index contributed by atoms with van der Waals surface area (Å²) in [6.45, 7) is 2.46. The Kier molecular flexibility index (Phi) is 3.97. The molecular formula is C21H21F2N3O. The highest BCUT2D eigenvalue weighted by Gasteiger charge is 2.54. The van der Waals surface area contributed by atoms with Crippen LogP contribution in [0.3, 0.4) is 0 Å². The minimum atomic E-state index is -0.563. The summed E-state index contributed by atoms with van der Waals surface area (Å²) in [6, 6.07) is 9.27. The van der Waals surface area contributed by atoms with Crippen LogP contribution in [0.2, 0.25) is 0 Å². The van der Waals surface area contributed by atoms with E-state index < -0.39 is 11.6 Å². The van der Waals surface area contributed by atoms with Gasteiger partial charge in [0.25, 0.3) is 5.91 Å². The fraction of sp³-hybridized carbons (Fsp3) is 0.429. The van der Waals surface area contributed by atoms with Crippen molar-refractivity contribution in [2.75, 3.05) is 19.6 Å². The number of amides is 1. The average molecular weight is 369 g/mol. The van der Waals surface area contributed by atoms with Gasteiger partial charge in [0.05, 0.1) is 6.04 Å². The molecule has 1 aromatic heterocycles. The van der Waals surface area contributed by atoms with Gasteiger partial charge in [0, 0.05) is 30.8 Å². The second-order valence-corrected chi connectivity index (χ2v) is 7.84. The molecule has 2 aromatic rings. The van der Waals surface area contributed by atoms with Crippen molar-refractivity contribution < 1.29 is 13.6 Å². The Morgan fingerprint density at radius 2 is 1.78 bits per heavy atom. The molecule has 0 N–H and O–H groups in total. The number of piperidine rings is 3. The highest BCUT2D eigenvalue weighted by atomic mass is 19.1. The van der Waals surface area contributed by atoms with Crippen LogP contribution >= 0.6 is 0 Å². The molecule has 4 fully saturated rings. The average Bonchev–Trinajstić information content (AvgIpc) is 3.11. The van der Waals surface area contributed by atoms with Crippen molar-refractivity contribution in [2.24, 2.45) is 5.92 Å². The number of rotatable bonds is 2. The predicted molar refractivity (Wildman–Crippen MR) is 96.2 cm³/mol. The van der Waals surface area contributed by atoms with Crippen LogP contribution in [0, 0.1) is 17.6 Å². The fourth-order valence-corrected chi connectivity index (χ4v) is 5.37. The number of hydrogen-bond donors (Lipinski definition) is 0. The Hall–Kier alpha value is -2.34. The maximum atomic E-state index is 13.9. The molecule has 4 aliphatic rings. The fourth-order valence-electron chi connectivity index (χ4n) is 5.37. The molecule has 4 nitrogen and oxygen atoms in total. The normalized spacial score (nSPS) is 31.8. The van der Waals surface area contributed by atoms with E-state index in [1.54, 1.807) is 18.3 Å². The molecule has 0 spiro atoms. The van der Waals surface area contributed by atoms with E-state index in [1.165, 1.54) is 12.1 Å². The number of fused-ring (bicyclic) bond motifs is 2. The molecular weight excluding hydrogens is 348 g/mol. The minimum absolute atomic E-state index is 0.0818. The molecule has 6 heteroatoms. The van der Waals surface area contributed by atoms with Gasteiger partial charge >= 0.3 is 0 Å². The number of aromatic nitrogens is 1. The van der Waals surface area contributed by atoms with Gasteiger partial charge in [-0.05, 0) is 61.7 Å². The number of pyridine rings is 1. The summed E-state index contributed by atoms with van der Waals surface area (Å²) in [5.41, 5.74) is 1.07. The Labute approximate surface area is 156 Å². The first-order chi connectivity index (χ1) is 13.1. The Morgan fingerprint density at radius 3 is 2.44 bits per heavy atom. The molecule has 0 aliphatic carbocycles. The number of halogens is 2. The molecule has 0 saturated carbocycles. The number of hydrogen-bond acceptors (Lipinski definition) is 3. The van der Waals surface area contributed by atoms with Crippen LogP contribution in [0.1, 0.15) is 34.8 Å². The quantitative estimate of drug-likeness (QED) is 0.816. The number of carbonyl (C=O) groups is 1. The standard InChI is InChI=1S/C21H21F2N3O/c22-15-9-14(10-16(23)11-15)17-12-26(21(27)18-3-1-2-6-24-18)19-13-4-7-25(8-5-13)20(17)19/h1-3,6,9-11,13,17,19-20H,4-5,7-8,12H2/t17-,19+,20+/m0/s1. The van der Waals surface area contributed by atoms with E-state index in [9.17, 15) is 13.6 Å². The molecule has 1 amide bonds. The zero-order chi connectivity index (χ0) is 18.5. The van der Waals surface area contributed by atoms with Crippen LogP contribution in [0.5, 0.6) is 0 Å². The van der Waals surface area contributed by atoms with Crippen molar-refractivity contribution in [2.45, 2.75) is 30.8 Å². The van der Waals surface area contributed by atoms with Gasteiger partial charge in [-0.1, -0.05) is 6.07 Å². The van der Waals surface area contributed by atoms with Gasteiger partial charge in [0.2, 0.25) is 0 Å². The minimum Gasteiger partial charge on any atom is -0.332 e. The largest absolute Gasteiger partial charge is 0.332 e. The molecule has 3 atom stereocenters. The highest BCUT2D eigenvalue weighted by Crippen LogP contribution is 2.47. The number of likely N-dealkylation sites (tertiary alicyclic amines) is 1. The third-order valence-electron chi connectivity index (χ3n) is 6.45. The lowest BCUT2D eigenvalue weighted by Crippen LogP contribution is -2.60. The van der Waals surface area contributed by atoms with E-state index in [0.717, 1.165) is 32.0 Å². The lowest BCUT2D eigenvalue weighted by Gasteiger charge is -2.51. The second-order valence-electron chi connectivity index (χ2n) is 7.84. The van der Waals surface area contributed by atoms with E-state index in [2.05, 4.69) is 9.88 Å². The molecule has 0 radical (unpaired) electrons. The summed E-state index contributed by atoms with van der Waals surface area (Å²) in [5, 5.41) is 0. The van der Waals surface area contributed by atoms with Crippen LogP contribution in [-0.2, 0) is 0 Å². The van der Waals surface area contributed by atoms with Crippen molar-refractivity contribution >= 4 is 5.91 Å². The third-order valence-corrected chi connectivity index (χ3v) is 6.45. The van der Waals surface area contributed by atoms with Crippen molar-refractivity contribution in [3.8, 4) is 0 Å². The molecule has 1 aromatic carbocycles. The van der Waals surface area contributed by atoms with Crippen LogP contribution in [0.15, 0.2) is 42.6 Å². The van der Waals surface area contributed by atoms with Crippen LogP contribution < -0.4 is 0 Å². The Morgan fingerprint density at radius 1 is 1.04 bits per heavy atom. The molecule has 4 aliphatic heterocycles. The Balaban J connectivity index is 1.55. The van der Waals surface area contributed by atoms with Crippen molar-refractivity contribution in [3.05, 3.63) is 65.5 Å².